The third-order valence-electron chi connectivity index (χ3n) is 2.73. The number of rotatable bonds is 3. The molecule has 1 aromatic heterocycles. The van der Waals surface area contributed by atoms with Gasteiger partial charge in [-0.2, -0.15) is 5.10 Å². The van der Waals surface area contributed by atoms with Crippen LogP contribution in [0.5, 0.6) is 0 Å². The Balaban J connectivity index is 2.47. The largest absolute Gasteiger partial charge is 0.276 e. The Hall–Kier alpha value is -1.33. The molecule has 2 aromatic rings. The van der Waals surface area contributed by atoms with Crippen molar-refractivity contribution in [3.63, 3.8) is 0 Å². The second-order valence-electron chi connectivity index (χ2n) is 4.32. The quantitative estimate of drug-likeness (QED) is 0.881. The Labute approximate surface area is 110 Å². The van der Waals surface area contributed by atoms with Gasteiger partial charge >= 0.3 is 0 Å². The van der Waals surface area contributed by atoms with Gasteiger partial charge in [0.2, 0.25) is 0 Å². The van der Waals surface area contributed by atoms with Gasteiger partial charge in [-0.05, 0) is 11.5 Å². The molecule has 96 valence electrons. The number of hydrogen-bond acceptors (Lipinski definition) is 3. The predicted octanol–water partition coefficient (Wildman–Crippen LogP) is 3.13. The Morgan fingerprint density at radius 2 is 1.83 bits per heavy atom. The van der Waals surface area contributed by atoms with E-state index in [0.717, 1.165) is 5.56 Å². The first-order valence-electron chi connectivity index (χ1n) is 5.48. The summed E-state index contributed by atoms with van der Waals surface area (Å²) in [5.74, 6) is 0.428. The summed E-state index contributed by atoms with van der Waals surface area (Å²) in [6, 6.07) is 7.64. The van der Waals surface area contributed by atoms with Crippen molar-refractivity contribution in [2.45, 2.75) is 24.7 Å². The maximum absolute atomic E-state index is 11.4. The fourth-order valence-electron chi connectivity index (χ4n) is 1.70. The molecule has 0 unspecified atom stereocenters. The molecule has 1 heterocycles. The summed E-state index contributed by atoms with van der Waals surface area (Å²) in [6.45, 7) is 4.19. The standard InChI is InChI=1S/C12H13ClN2O2S/c1-8(2)9-3-5-10(6-4-9)12-11(7-14-15-12)18(13,16)17/h3-8H,1-2H3,(H,14,15). The van der Waals surface area contributed by atoms with Crippen molar-refractivity contribution in [1.82, 2.24) is 10.2 Å². The highest BCUT2D eigenvalue weighted by molar-refractivity contribution is 8.13. The van der Waals surface area contributed by atoms with Gasteiger partial charge < -0.3 is 0 Å². The first kappa shape index (κ1) is 13.1. The van der Waals surface area contributed by atoms with Crippen LogP contribution in [0.15, 0.2) is 35.4 Å². The molecule has 0 aliphatic rings. The SMILES string of the molecule is CC(C)c1ccc(-c2[nH]ncc2S(=O)(=O)Cl)cc1. The number of nitrogens with zero attached hydrogens (tertiary/aromatic N) is 1. The molecule has 1 N–H and O–H groups in total. The Morgan fingerprint density at radius 1 is 1.22 bits per heavy atom. The van der Waals surface area contributed by atoms with Gasteiger partial charge in [0, 0.05) is 16.2 Å². The zero-order chi connectivity index (χ0) is 13.3. The third-order valence-corrected chi connectivity index (χ3v) is 4.07. The van der Waals surface area contributed by atoms with E-state index in [4.69, 9.17) is 10.7 Å². The maximum Gasteiger partial charge on any atom is 0.265 e. The molecule has 0 atom stereocenters. The zero-order valence-corrected chi connectivity index (χ0v) is 11.6. The van der Waals surface area contributed by atoms with Gasteiger partial charge in [-0.3, -0.25) is 5.10 Å². The van der Waals surface area contributed by atoms with Crippen LogP contribution in [0.25, 0.3) is 11.3 Å². The topological polar surface area (TPSA) is 62.8 Å². The van der Waals surface area contributed by atoms with Crippen LogP contribution in [0, 0.1) is 0 Å². The van der Waals surface area contributed by atoms with Crippen LogP contribution in [0.4, 0.5) is 0 Å². The average molecular weight is 285 g/mol. The van der Waals surface area contributed by atoms with Crippen molar-refractivity contribution in [3.05, 3.63) is 36.0 Å². The predicted molar refractivity (Wildman–Crippen MR) is 71.2 cm³/mol. The van der Waals surface area contributed by atoms with Crippen molar-refractivity contribution in [3.8, 4) is 11.3 Å². The summed E-state index contributed by atoms with van der Waals surface area (Å²) >= 11 is 0. The summed E-state index contributed by atoms with van der Waals surface area (Å²) in [5, 5.41) is 6.40. The summed E-state index contributed by atoms with van der Waals surface area (Å²) in [4.78, 5) is 0.00136. The van der Waals surface area contributed by atoms with E-state index >= 15 is 0 Å². The molecule has 0 fully saturated rings. The molecule has 18 heavy (non-hydrogen) atoms. The lowest BCUT2D eigenvalue weighted by Crippen LogP contribution is -1.92. The zero-order valence-electron chi connectivity index (χ0n) is 10.0. The number of halogens is 1. The van der Waals surface area contributed by atoms with Crippen molar-refractivity contribution in [2.24, 2.45) is 0 Å². The van der Waals surface area contributed by atoms with Gasteiger partial charge in [-0.25, -0.2) is 8.42 Å². The van der Waals surface area contributed by atoms with Crippen molar-refractivity contribution < 1.29 is 8.42 Å². The first-order chi connectivity index (χ1) is 8.39. The highest BCUT2D eigenvalue weighted by Gasteiger charge is 2.19. The molecule has 2 rings (SSSR count). The second-order valence-corrected chi connectivity index (χ2v) is 6.86. The monoisotopic (exact) mass is 284 g/mol. The number of H-pyrrole nitrogens is 1. The minimum atomic E-state index is -3.79. The first-order valence-corrected chi connectivity index (χ1v) is 7.79. The van der Waals surface area contributed by atoms with E-state index < -0.39 is 9.05 Å². The fourth-order valence-corrected chi connectivity index (χ4v) is 2.64. The molecule has 0 aliphatic carbocycles. The highest BCUT2D eigenvalue weighted by Crippen LogP contribution is 2.28. The van der Waals surface area contributed by atoms with Crippen LogP contribution in [-0.4, -0.2) is 18.6 Å². The third kappa shape index (κ3) is 2.57. The van der Waals surface area contributed by atoms with Crippen LogP contribution >= 0.6 is 10.7 Å². The van der Waals surface area contributed by atoms with Crippen molar-refractivity contribution >= 4 is 19.7 Å². The molecule has 0 saturated heterocycles. The minimum Gasteiger partial charge on any atom is -0.276 e. The van der Waals surface area contributed by atoms with E-state index in [1.165, 1.54) is 11.8 Å². The molecular weight excluding hydrogens is 272 g/mol. The number of aromatic nitrogens is 2. The summed E-state index contributed by atoms with van der Waals surface area (Å²) in [5.41, 5.74) is 2.35. The lowest BCUT2D eigenvalue weighted by atomic mass is 10.0. The Morgan fingerprint density at radius 3 is 2.33 bits per heavy atom. The van der Waals surface area contributed by atoms with Gasteiger partial charge in [0.1, 0.15) is 4.90 Å². The van der Waals surface area contributed by atoms with Gasteiger partial charge in [-0.15, -0.1) is 0 Å². The van der Waals surface area contributed by atoms with Crippen LogP contribution in [-0.2, 0) is 9.05 Å². The van der Waals surface area contributed by atoms with Crippen LogP contribution in [0.3, 0.4) is 0 Å². The van der Waals surface area contributed by atoms with E-state index in [2.05, 4.69) is 24.0 Å². The second kappa shape index (κ2) is 4.74. The molecule has 0 radical (unpaired) electrons. The summed E-state index contributed by atoms with van der Waals surface area (Å²) in [7, 11) is 1.56. The smallest absolute Gasteiger partial charge is 0.265 e. The Bertz CT molecular complexity index is 645. The molecule has 0 spiro atoms. The summed E-state index contributed by atoms with van der Waals surface area (Å²) < 4.78 is 22.7. The lowest BCUT2D eigenvalue weighted by Gasteiger charge is -2.06. The lowest BCUT2D eigenvalue weighted by molar-refractivity contribution is 0.610. The summed E-state index contributed by atoms with van der Waals surface area (Å²) in [6.07, 6.45) is 1.22. The van der Waals surface area contributed by atoms with E-state index in [0.29, 0.717) is 11.6 Å². The molecule has 1 aromatic carbocycles. The van der Waals surface area contributed by atoms with E-state index in [-0.39, 0.29) is 4.90 Å². The van der Waals surface area contributed by atoms with E-state index in [1.54, 1.807) is 0 Å². The number of benzene rings is 1. The van der Waals surface area contributed by atoms with Gasteiger partial charge in [0.25, 0.3) is 9.05 Å². The van der Waals surface area contributed by atoms with E-state index in [1.807, 2.05) is 24.3 Å². The molecule has 4 nitrogen and oxygen atoms in total. The highest BCUT2D eigenvalue weighted by atomic mass is 35.7. The van der Waals surface area contributed by atoms with Crippen molar-refractivity contribution in [1.29, 1.82) is 0 Å². The molecule has 0 aliphatic heterocycles. The number of hydrogen-bond donors (Lipinski definition) is 1. The molecule has 0 bridgehead atoms. The van der Waals surface area contributed by atoms with E-state index in [9.17, 15) is 8.42 Å². The Kier molecular flexibility index (Phi) is 3.45. The minimum absolute atomic E-state index is 0.00136. The van der Waals surface area contributed by atoms with Gasteiger partial charge in [-0.1, -0.05) is 38.1 Å². The molecule has 6 heteroatoms. The molecule has 0 saturated carbocycles. The van der Waals surface area contributed by atoms with Crippen molar-refractivity contribution in [2.75, 3.05) is 0 Å². The maximum atomic E-state index is 11.4. The van der Waals surface area contributed by atoms with Crippen LogP contribution < -0.4 is 0 Å². The average Bonchev–Trinajstić information content (AvgIpc) is 2.77. The van der Waals surface area contributed by atoms with Crippen LogP contribution in [0.2, 0.25) is 0 Å². The fraction of sp³-hybridized carbons (Fsp3) is 0.250. The molecular formula is C12H13ClN2O2S. The van der Waals surface area contributed by atoms with Crippen LogP contribution in [0.1, 0.15) is 25.3 Å². The van der Waals surface area contributed by atoms with Gasteiger partial charge in [0.05, 0.1) is 11.9 Å². The number of aromatic amines is 1. The number of nitrogens with one attached hydrogen (secondary N) is 1. The van der Waals surface area contributed by atoms with Gasteiger partial charge in [0.15, 0.2) is 0 Å². The molecule has 0 amide bonds. The normalized spacial score (nSPS) is 12.0.